The van der Waals surface area contributed by atoms with E-state index in [4.69, 9.17) is 0 Å². The van der Waals surface area contributed by atoms with Gasteiger partial charge in [0.05, 0.1) is 0 Å². The van der Waals surface area contributed by atoms with Crippen LogP contribution in [0.2, 0.25) is 0 Å². The van der Waals surface area contributed by atoms with Crippen molar-refractivity contribution in [1.82, 2.24) is 0 Å². The molecular formula is C8H10O. The molecule has 0 bridgehead atoms. The molecule has 48 valence electrons. The SMILES string of the molecule is CCC#CC/C=C/C=O. The molecule has 0 amide bonds. The molecule has 0 rings (SSSR count). The summed E-state index contributed by atoms with van der Waals surface area (Å²) in [5.74, 6) is 5.76. The topological polar surface area (TPSA) is 17.1 Å². The predicted molar refractivity (Wildman–Crippen MR) is 37.9 cm³/mol. The molecule has 0 aliphatic heterocycles. The van der Waals surface area contributed by atoms with Crippen molar-refractivity contribution in [1.29, 1.82) is 0 Å². The second-order valence-corrected chi connectivity index (χ2v) is 1.48. The van der Waals surface area contributed by atoms with Crippen molar-refractivity contribution in [2.24, 2.45) is 0 Å². The van der Waals surface area contributed by atoms with Crippen molar-refractivity contribution in [2.75, 3.05) is 0 Å². The Morgan fingerprint density at radius 3 is 2.78 bits per heavy atom. The fourth-order valence-electron chi connectivity index (χ4n) is 0.380. The lowest BCUT2D eigenvalue weighted by atomic mass is 10.3. The molecule has 0 unspecified atom stereocenters. The number of aldehydes is 1. The van der Waals surface area contributed by atoms with E-state index < -0.39 is 0 Å². The summed E-state index contributed by atoms with van der Waals surface area (Å²) in [7, 11) is 0. The highest BCUT2D eigenvalue weighted by molar-refractivity contribution is 5.64. The highest BCUT2D eigenvalue weighted by Crippen LogP contribution is 1.77. The maximum atomic E-state index is 9.70. The Kier molecular flexibility index (Phi) is 6.17. The molecule has 9 heavy (non-hydrogen) atoms. The summed E-state index contributed by atoms with van der Waals surface area (Å²) in [5, 5.41) is 0. The van der Waals surface area contributed by atoms with E-state index in [2.05, 4.69) is 11.8 Å². The monoisotopic (exact) mass is 122 g/mol. The summed E-state index contributed by atoms with van der Waals surface area (Å²) >= 11 is 0. The molecule has 0 aromatic carbocycles. The molecule has 0 fully saturated rings. The van der Waals surface area contributed by atoms with Crippen LogP contribution in [0.1, 0.15) is 19.8 Å². The van der Waals surface area contributed by atoms with Gasteiger partial charge in [-0.3, -0.25) is 4.79 Å². The van der Waals surface area contributed by atoms with Crippen molar-refractivity contribution in [3.63, 3.8) is 0 Å². The first-order valence-corrected chi connectivity index (χ1v) is 2.97. The number of rotatable bonds is 2. The van der Waals surface area contributed by atoms with E-state index in [1.165, 1.54) is 6.08 Å². The minimum absolute atomic E-state index is 0.687. The summed E-state index contributed by atoms with van der Waals surface area (Å²) < 4.78 is 0. The lowest BCUT2D eigenvalue weighted by Crippen LogP contribution is -1.61. The first-order valence-electron chi connectivity index (χ1n) is 2.97. The maximum Gasteiger partial charge on any atom is 0.142 e. The Morgan fingerprint density at radius 1 is 1.44 bits per heavy atom. The Morgan fingerprint density at radius 2 is 2.22 bits per heavy atom. The van der Waals surface area contributed by atoms with E-state index in [9.17, 15) is 4.79 Å². The quantitative estimate of drug-likeness (QED) is 0.308. The van der Waals surface area contributed by atoms with Crippen LogP contribution in [0, 0.1) is 11.8 Å². The molecule has 0 heterocycles. The third kappa shape index (κ3) is 6.97. The third-order valence-electron chi connectivity index (χ3n) is 0.736. The Labute approximate surface area is 55.8 Å². The van der Waals surface area contributed by atoms with E-state index in [1.54, 1.807) is 6.08 Å². The number of carbonyl (C=O) groups excluding carboxylic acids is 1. The number of hydrogen-bond acceptors (Lipinski definition) is 1. The lowest BCUT2D eigenvalue weighted by molar-refractivity contribution is -0.104. The minimum Gasteiger partial charge on any atom is -0.299 e. The largest absolute Gasteiger partial charge is 0.299 e. The van der Waals surface area contributed by atoms with Gasteiger partial charge in [-0.1, -0.05) is 18.9 Å². The average molecular weight is 122 g/mol. The van der Waals surface area contributed by atoms with Crippen molar-refractivity contribution in [3.05, 3.63) is 12.2 Å². The van der Waals surface area contributed by atoms with Gasteiger partial charge < -0.3 is 0 Å². The standard InChI is InChI=1S/C8H10O/c1-2-3-4-5-6-7-8-9/h6-8H,2,5H2,1H3/b7-6+. The fraction of sp³-hybridized carbons (Fsp3) is 0.375. The molecule has 0 aromatic heterocycles. The zero-order chi connectivity index (χ0) is 6.95. The summed E-state index contributed by atoms with van der Waals surface area (Å²) in [6, 6.07) is 0. The zero-order valence-corrected chi connectivity index (χ0v) is 5.55. The Hall–Kier alpha value is -1.03. The molecule has 0 atom stereocenters. The summed E-state index contributed by atoms with van der Waals surface area (Å²) in [6.45, 7) is 2.00. The van der Waals surface area contributed by atoms with Crippen molar-refractivity contribution in [2.45, 2.75) is 19.8 Å². The van der Waals surface area contributed by atoms with Crippen molar-refractivity contribution < 1.29 is 4.79 Å². The molecule has 0 radical (unpaired) electrons. The summed E-state index contributed by atoms with van der Waals surface area (Å²) in [4.78, 5) is 9.70. The molecule has 0 spiro atoms. The minimum atomic E-state index is 0.687. The van der Waals surface area contributed by atoms with Crippen LogP contribution < -0.4 is 0 Å². The highest BCUT2D eigenvalue weighted by atomic mass is 16.1. The highest BCUT2D eigenvalue weighted by Gasteiger charge is 1.65. The second-order valence-electron chi connectivity index (χ2n) is 1.48. The van der Waals surface area contributed by atoms with Crippen LogP contribution in [0.5, 0.6) is 0 Å². The van der Waals surface area contributed by atoms with Gasteiger partial charge in [-0.2, -0.15) is 0 Å². The molecule has 0 aliphatic rings. The average Bonchev–Trinajstić information content (AvgIpc) is 1.89. The van der Waals surface area contributed by atoms with Crippen LogP contribution in [-0.2, 0) is 4.79 Å². The Balaban J connectivity index is 3.28. The van der Waals surface area contributed by atoms with Crippen LogP contribution in [-0.4, -0.2) is 6.29 Å². The van der Waals surface area contributed by atoms with Gasteiger partial charge in [0.1, 0.15) is 6.29 Å². The zero-order valence-electron chi connectivity index (χ0n) is 5.55. The first-order chi connectivity index (χ1) is 4.41. The van der Waals surface area contributed by atoms with E-state index in [1.807, 2.05) is 6.92 Å². The molecule has 0 saturated carbocycles. The van der Waals surface area contributed by atoms with Gasteiger partial charge in [-0.25, -0.2) is 0 Å². The van der Waals surface area contributed by atoms with E-state index in [0.29, 0.717) is 6.42 Å². The number of allylic oxidation sites excluding steroid dienone is 2. The number of hydrogen-bond donors (Lipinski definition) is 0. The van der Waals surface area contributed by atoms with Gasteiger partial charge in [0.15, 0.2) is 0 Å². The summed E-state index contributed by atoms with van der Waals surface area (Å²) in [5.41, 5.74) is 0. The van der Waals surface area contributed by atoms with Crippen LogP contribution in [0.15, 0.2) is 12.2 Å². The molecule has 1 nitrogen and oxygen atoms in total. The molecule has 0 N–H and O–H groups in total. The molecule has 1 heteroatoms. The number of carbonyl (C=O) groups is 1. The fourth-order valence-corrected chi connectivity index (χ4v) is 0.380. The third-order valence-corrected chi connectivity index (χ3v) is 0.736. The van der Waals surface area contributed by atoms with E-state index in [-0.39, 0.29) is 0 Å². The maximum absolute atomic E-state index is 9.70. The summed E-state index contributed by atoms with van der Waals surface area (Å²) in [6.07, 6.45) is 5.54. The molecule has 0 aromatic rings. The predicted octanol–water partition coefficient (Wildman–Crippen LogP) is 1.54. The van der Waals surface area contributed by atoms with Crippen LogP contribution in [0.25, 0.3) is 0 Å². The van der Waals surface area contributed by atoms with Crippen molar-refractivity contribution >= 4 is 6.29 Å². The first kappa shape index (κ1) is 7.97. The van der Waals surface area contributed by atoms with Gasteiger partial charge in [-0.05, 0) is 6.08 Å². The van der Waals surface area contributed by atoms with Gasteiger partial charge in [0, 0.05) is 12.8 Å². The second kappa shape index (κ2) is 6.97. The van der Waals surface area contributed by atoms with E-state index in [0.717, 1.165) is 12.7 Å². The lowest BCUT2D eigenvalue weighted by Gasteiger charge is -1.71. The van der Waals surface area contributed by atoms with Gasteiger partial charge >= 0.3 is 0 Å². The van der Waals surface area contributed by atoms with Gasteiger partial charge in [0.25, 0.3) is 0 Å². The normalized spacial score (nSPS) is 8.56. The molecule has 0 saturated heterocycles. The van der Waals surface area contributed by atoms with Crippen molar-refractivity contribution in [3.8, 4) is 11.8 Å². The van der Waals surface area contributed by atoms with Gasteiger partial charge in [0.2, 0.25) is 0 Å². The van der Waals surface area contributed by atoms with E-state index >= 15 is 0 Å². The smallest absolute Gasteiger partial charge is 0.142 e. The Bertz CT molecular complexity index is 146. The molecule has 0 aliphatic carbocycles. The molecular weight excluding hydrogens is 112 g/mol. The van der Waals surface area contributed by atoms with Crippen LogP contribution in [0.4, 0.5) is 0 Å². The van der Waals surface area contributed by atoms with Crippen LogP contribution >= 0.6 is 0 Å². The van der Waals surface area contributed by atoms with Crippen LogP contribution in [0.3, 0.4) is 0 Å². The van der Waals surface area contributed by atoms with Gasteiger partial charge in [-0.15, -0.1) is 5.92 Å².